The van der Waals surface area contributed by atoms with Gasteiger partial charge in [0.05, 0.1) is 12.7 Å². The lowest BCUT2D eigenvalue weighted by Crippen LogP contribution is -2.28. The molecule has 0 amide bonds. The lowest BCUT2D eigenvalue weighted by Gasteiger charge is -2.11. The molecule has 1 heterocycles. The summed E-state index contributed by atoms with van der Waals surface area (Å²) in [5, 5.41) is 8.93. The zero-order valence-electron chi connectivity index (χ0n) is 11.0. The maximum atomic E-state index is 12.0. The summed E-state index contributed by atoms with van der Waals surface area (Å²) in [6, 6.07) is 1.30. The first-order valence-electron chi connectivity index (χ1n) is 6.53. The van der Waals surface area contributed by atoms with E-state index >= 15 is 0 Å². The van der Waals surface area contributed by atoms with Crippen LogP contribution < -0.4 is 4.72 Å². The van der Waals surface area contributed by atoms with Crippen molar-refractivity contribution in [3.63, 3.8) is 0 Å². The van der Waals surface area contributed by atoms with E-state index in [9.17, 15) is 8.42 Å². The van der Waals surface area contributed by atoms with E-state index in [1.165, 1.54) is 18.9 Å². The van der Waals surface area contributed by atoms with Crippen LogP contribution in [-0.4, -0.2) is 32.8 Å². The van der Waals surface area contributed by atoms with Crippen molar-refractivity contribution in [2.75, 3.05) is 13.2 Å². The Balaban J connectivity index is 1.85. The third kappa shape index (κ3) is 4.05. The molecule has 0 bridgehead atoms. The Kier molecular flexibility index (Phi) is 5.62. The number of hydrogen-bond donors (Lipinski definition) is 2. The van der Waals surface area contributed by atoms with Crippen LogP contribution in [-0.2, 0) is 21.4 Å². The van der Waals surface area contributed by atoms with Crippen LogP contribution in [0.3, 0.4) is 0 Å². The number of nitrogens with one attached hydrogen (secondary N) is 1. The van der Waals surface area contributed by atoms with E-state index in [0.717, 1.165) is 12.8 Å². The number of aliphatic hydroxyl groups excluding tert-OH is 1. The first-order chi connectivity index (χ1) is 9.53. The molecule has 114 valence electrons. The second-order valence-corrected chi connectivity index (χ2v) is 7.14. The molecule has 0 saturated heterocycles. The summed E-state index contributed by atoms with van der Waals surface area (Å²) >= 11 is 3.03. The SMILES string of the molecule is O=S(=O)(NCCOC1CCCC1)c1cc(CO)oc1Br. The van der Waals surface area contributed by atoms with Crippen molar-refractivity contribution in [3.05, 3.63) is 16.5 Å². The van der Waals surface area contributed by atoms with Crippen molar-refractivity contribution in [3.8, 4) is 0 Å². The summed E-state index contributed by atoms with van der Waals surface area (Å²) in [6.07, 6.45) is 4.74. The Hall–Kier alpha value is -0.410. The van der Waals surface area contributed by atoms with Crippen LogP contribution in [0.5, 0.6) is 0 Å². The Morgan fingerprint density at radius 1 is 1.45 bits per heavy atom. The second kappa shape index (κ2) is 7.04. The third-order valence-corrected chi connectivity index (χ3v) is 5.52. The summed E-state index contributed by atoms with van der Waals surface area (Å²) in [5.74, 6) is 0.194. The van der Waals surface area contributed by atoms with Gasteiger partial charge in [0.25, 0.3) is 0 Å². The largest absolute Gasteiger partial charge is 0.450 e. The smallest absolute Gasteiger partial charge is 0.245 e. The maximum absolute atomic E-state index is 12.0. The van der Waals surface area contributed by atoms with Crippen molar-refractivity contribution in [2.45, 2.75) is 43.3 Å². The van der Waals surface area contributed by atoms with Crippen LogP contribution in [0.2, 0.25) is 0 Å². The van der Waals surface area contributed by atoms with Crippen molar-refractivity contribution in [1.82, 2.24) is 4.72 Å². The van der Waals surface area contributed by atoms with Gasteiger partial charge in [0.1, 0.15) is 17.3 Å². The minimum Gasteiger partial charge on any atom is -0.450 e. The van der Waals surface area contributed by atoms with Crippen molar-refractivity contribution < 1.29 is 22.7 Å². The molecule has 0 unspecified atom stereocenters. The first kappa shape index (κ1) is 16.0. The summed E-state index contributed by atoms with van der Waals surface area (Å²) in [6.45, 7) is 0.218. The summed E-state index contributed by atoms with van der Waals surface area (Å²) < 4.78 is 37.3. The number of rotatable bonds is 7. The van der Waals surface area contributed by atoms with Gasteiger partial charge in [-0.1, -0.05) is 12.8 Å². The molecule has 6 nitrogen and oxygen atoms in total. The minimum absolute atomic E-state index is 0.0117. The molecule has 0 atom stereocenters. The highest BCUT2D eigenvalue weighted by atomic mass is 79.9. The van der Waals surface area contributed by atoms with E-state index in [1.54, 1.807) is 0 Å². The lowest BCUT2D eigenvalue weighted by molar-refractivity contribution is 0.0626. The third-order valence-electron chi connectivity index (χ3n) is 3.20. The number of furan rings is 1. The normalized spacial score (nSPS) is 16.9. The van der Waals surface area contributed by atoms with Crippen molar-refractivity contribution in [2.24, 2.45) is 0 Å². The molecule has 0 aromatic carbocycles. The maximum Gasteiger partial charge on any atom is 0.245 e. The van der Waals surface area contributed by atoms with Crippen molar-refractivity contribution >= 4 is 26.0 Å². The Labute approximate surface area is 126 Å². The average Bonchev–Trinajstić information content (AvgIpc) is 3.04. The van der Waals surface area contributed by atoms with Gasteiger partial charge in [-0.3, -0.25) is 0 Å². The number of sulfonamides is 1. The van der Waals surface area contributed by atoms with Crippen LogP contribution in [0, 0.1) is 0 Å². The second-order valence-electron chi connectivity index (χ2n) is 4.68. The van der Waals surface area contributed by atoms with E-state index in [1.807, 2.05) is 0 Å². The van der Waals surface area contributed by atoms with Gasteiger partial charge in [0.15, 0.2) is 4.67 Å². The van der Waals surface area contributed by atoms with Crippen LogP contribution in [0.15, 0.2) is 20.0 Å². The molecular formula is C12H18BrNO5S. The van der Waals surface area contributed by atoms with Gasteiger partial charge < -0.3 is 14.3 Å². The zero-order valence-corrected chi connectivity index (χ0v) is 13.4. The molecule has 8 heteroatoms. The monoisotopic (exact) mass is 367 g/mol. The van der Waals surface area contributed by atoms with Gasteiger partial charge in [-0.25, -0.2) is 13.1 Å². The lowest BCUT2D eigenvalue weighted by atomic mass is 10.3. The van der Waals surface area contributed by atoms with Crippen LogP contribution in [0.4, 0.5) is 0 Å². The fourth-order valence-corrected chi connectivity index (χ4v) is 4.20. The fourth-order valence-electron chi connectivity index (χ4n) is 2.19. The quantitative estimate of drug-likeness (QED) is 0.716. The molecule has 0 spiro atoms. The van der Waals surface area contributed by atoms with Gasteiger partial charge in [-0.05, 0) is 28.8 Å². The fraction of sp³-hybridized carbons (Fsp3) is 0.667. The molecule has 2 rings (SSSR count). The van der Waals surface area contributed by atoms with Crippen LogP contribution in [0.25, 0.3) is 0 Å². The van der Waals surface area contributed by atoms with E-state index in [0.29, 0.717) is 6.61 Å². The summed E-state index contributed by atoms with van der Waals surface area (Å²) in [4.78, 5) is -0.0117. The van der Waals surface area contributed by atoms with Gasteiger partial charge in [0.2, 0.25) is 10.0 Å². The predicted molar refractivity (Wildman–Crippen MR) is 75.7 cm³/mol. The van der Waals surface area contributed by atoms with Gasteiger partial charge >= 0.3 is 0 Å². The molecule has 1 aliphatic rings. The first-order valence-corrected chi connectivity index (χ1v) is 8.81. The molecule has 1 saturated carbocycles. The predicted octanol–water partition coefficient (Wildman–Crippen LogP) is 1.77. The molecule has 1 aliphatic carbocycles. The van der Waals surface area contributed by atoms with Crippen LogP contribution in [0.1, 0.15) is 31.4 Å². The number of hydrogen-bond acceptors (Lipinski definition) is 5. The highest BCUT2D eigenvalue weighted by Gasteiger charge is 2.22. The van der Waals surface area contributed by atoms with Gasteiger partial charge in [-0.2, -0.15) is 0 Å². The number of ether oxygens (including phenoxy) is 1. The Bertz CT molecular complexity index is 536. The highest BCUT2D eigenvalue weighted by molar-refractivity contribution is 9.10. The molecule has 0 aliphatic heterocycles. The van der Waals surface area contributed by atoms with E-state index in [-0.39, 0.29) is 34.6 Å². The molecule has 20 heavy (non-hydrogen) atoms. The molecular weight excluding hydrogens is 350 g/mol. The van der Waals surface area contributed by atoms with E-state index < -0.39 is 10.0 Å². The Morgan fingerprint density at radius 2 is 2.15 bits per heavy atom. The standard InChI is InChI=1S/C12H18BrNO5S/c13-12-11(7-10(8-15)19-12)20(16,17)14-5-6-18-9-3-1-2-4-9/h7,9,14-15H,1-6,8H2. The highest BCUT2D eigenvalue weighted by Crippen LogP contribution is 2.26. The van der Waals surface area contributed by atoms with Crippen molar-refractivity contribution in [1.29, 1.82) is 0 Å². The summed E-state index contributed by atoms with van der Waals surface area (Å²) in [7, 11) is -3.66. The van der Waals surface area contributed by atoms with Gasteiger partial charge in [0, 0.05) is 12.6 Å². The number of halogens is 1. The van der Waals surface area contributed by atoms with E-state index in [2.05, 4.69) is 20.7 Å². The van der Waals surface area contributed by atoms with Gasteiger partial charge in [-0.15, -0.1) is 0 Å². The zero-order chi connectivity index (χ0) is 14.6. The van der Waals surface area contributed by atoms with E-state index in [4.69, 9.17) is 14.3 Å². The average molecular weight is 368 g/mol. The number of aliphatic hydroxyl groups is 1. The minimum atomic E-state index is -3.66. The van der Waals surface area contributed by atoms with Crippen LogP contribution >= 0.6 is 15.9 Å². The molecule has 1 aromatic heterocycles. The topological polar surface area (TPSA) is 88.8 Å². The Morgan fingerprint density at radius 3 is 2.75 bits per heavy atom. The molecule has 0 radical (unpaired) electrons. The molecule has 2 N–H and O–H groups in total. The summed E-state index contributed by atoms with van der Waals surface area (Å²) in [5.41, 5.74) is 0. The molecule has 1 fully saturated rings. The molecule has 1 aromatic rings.